The van der Waals surface area contributed by atoms with E-state index in [4.69, 9.17) is 27.4 Å². The number of rotatable bonds is 8. The Labute approximate surface area is 157 Å². The van der Waals surface area contributed by atoms with Crippen LogP contribution < -0.4 is 25.8 Å². The molecule has 8 nitrogen and oxygen atoms in total. The number of carbonyl (C=O) groups is 1. The largest absolute Gasteiger partial charge is 0.493 e. The van der Waals surface area contributed by atoms with Crippen molar-refractivity contribution < 1.29 is 14.3 Å². The van der Waals surface area contributed by atoms with E-state index in [2.05, 4.69) is 15.7 Å². The lowest BCUT2D eigenvalue weighted by molar-refractivity contribution is 0.0995. The summed E-state index contributed by atoms with van der Waals surface area (Å²) < 4.78 is 12.1. The minimum atomic E-state index is -0.604. The second kappa shape index (κ2) is 9.04. The number of aromatic nitrogens is 2. The number of anilines is 1. The molecule has 1 heterocycles. The number of aryl methyl sites for hydroxylation is 1. The molecule has 4 N–H and O–H groups in total. The number of hydrogen-bond donors (Lipinski definition) is 3. The molecule has 1 aromatic carbocycles. The van der Waals surface area contributed by atoms with Gasteiger partial charge in [0.15, 0.2) is 22.3 Å². The number of hydrogen-bond acceptors (Lipinski definition) is 5. The predicted molar refractivity (Wildman–Crippen MR) is 104 cm³/mol. The molecule has 0 aliphatic rings. The van der Waals surface area contributed by atoms with Gasteiger partial charge in [0.1, 0.15) is 0 Å². The fourth-order valence-electron chi connectivity index (χ4n) is 2.38. The maximum atomic E-state index is 11.5. The average molecular weight is 377 g/mol. The summed E-state index contributed by atoms with van der Waals surface area (Å²) in [7, 11) is 3.20. The first kappa shape index (κ1) is 19.5. The molecule has 1 aromatic heterocycles. The van der Waals surface area contributed by atoms with Crippen molar-refractivity contribution in [3.63, 3.8) is 0 Å². The lowest BCUT2D eigenvalue weighted by Crippen LogP contribution is -2.31. The van der Waals surface area contributed by atoms with Crippen LogP contribution in [0.15, 0.2) is 24.4 Å². The van der Waals surface area contributed by atoms with Crippen molar-refractivity contribution in [2.45, 2.75) is 19.9 Å². The predicted octanol–water partition coefficient (Wildman–Crippen LogP) is 1.55. The van der Waals surface area contributed by atoms with Crippen LogP contribution in [0.5, 0.6) is 11.5 Å². The van der Waals surface area contributed by atoms with E-state index < -0.39 is 5.91 Å². The maximum Gasteiger partial charge on any atom is 0.271 e. The molecule has 0 saturated carbocycles. The number of methoxy groups -OCH3 is 2. The van der Waals surface area contributed by atoms with Crippen LogP contribution in [-0.4, -0.2) is 41.6 Å². The summed E-state index contributed by atoms with van der Waals surface area (Å²) in [6.07, 6.45) is 2.43. The molecule has 0 bridgehead atoms. The van der Waals surface area contributed by atoms with Gasteiger partial charge in [-0.1, -0.05) is 6.07 Å². The Balaban J connectivity index is 1.92. The van der Waals surface area contributed by atoms with Crippen LogP contribution in [0.25, 0.3) is 0 Å². The van der Waals surface area contributed by atoms with E-state index in [9.17, 15) is 4.79 Å². The molecule has 140 valence electrons. The smallest absolute Gasteiger partial charge is 0.271 e. The van der Waals surface area contributed by atoms with E-state index in [1.807, 2.05) is 25.1 Å². The highest BCUT2D eigenvalue weighted by Gasteiger charge is 2.14. The number of nitrogens with two attached hydrogens (primary N) is 1. The lowest BCUT2D eigenvalue weighted by atomic mass is 10.1. The van der Waals surface area contributed by atoms with Crippen molar-refractivity contribution in [2.75, 3.05) is 26.1 Å². The summed E-state index contributed by atoms with van der Waals surface area (Å²) in [6, 6.07) is 5.76. The van der Waals surface area contributed by atoms with Crippen molar-refractivity contribution in [1.29, 1.82) is 0 Å². The third kappa shape index (κ3) is 4.85. The molecule has 0 unspecified atom stereocenters. The summed E-state index contributed by atoms with van der Waals surface area (Å²) in [6.45, 7) is 3.15. The van der Waals surface area contributed by atoms with Gasteiger partial charge >= 0.3 is 0 Å². The number of carbonyl (C=O) groups excluding carboxylic acids is 1. The van der Waals surface area contributed by atoms with Gasteiger partial charge in [0.05, 0.1) is 19.9 Å². The summed E-state index contributed by atoms with van der Waals surface area (Å²) >= 11 is 5.28. The molecule has 2 rings (SSSR count). The van der Waals surface area contributed by atoms with Gasteiger partial charge in [0.2, 0.25) is 0 Å². The molecule has 0 aliphatic carbocycles. The first-order chi connectivity index (χ1) is 12.5. The molecular formula is C17H23N5O3S. The Morgan fingerprint density at radius 1 is 1.31 bits per heavy atom. The van der Waals surface area contributed by atoms with Gasteiger partial charge < -0.3 is 25.8 Å². The Kier molecular flexibility index (Phi) is 6.79. The van der Waals surface area contributed by atoms with E-state index in [1.165, 1.54) is 0 Å². The summed E-state index contributed by atoms with van der Waals surface area (Å²) in [5.74, 6) is 0.768. The average Bonchev–Trinajstić information content (AvgIpc) is 3.04. The number of nitrogens with one attached hydrogen (secondary N) is 2. The quantitative estimate of drug-likeness (QED) is 0.600. The molecule has 0 spiro atoms. The summed E-state index contributed by atoms with van der Waals surface area (Å²) in [4.78, 5) is 11.5. The van der Waals surface area contributed by atoms with Gasteiger partial charge in [-0.2, -0.15) is 5.10 Å². The van der Waals surface area contributed by atoms with Crippen LogP contribution in [0, 0.1) is 0 Å². The monoisotopic (exact) mass is 377 g/mol. The molecule has 2 aromatic rings. The third-order valence-corrected chi connectivity index (χ3v) is 3.96. The Morgan fingerprint density at radius 2 is 2.04 bits per heavy atom. The minimum absolute atomic E-state index is 0.163. The SMILES string of the molecule is CCn1cc(NC(=S)NCCc2ccc(OC)c(OC)c2)c(C(N)=O)n1. The van der Waals surface area contributed by atoms with Crippen LogP contribution >= 0.6 is 12.2 Å². The van der Waals surface area contributed by atoms with E-state index in [1.54, 1.807) is 25.1 Å². The number of benzene rings is 1. The van der Waals surface area contributed by atoms with E-state index in [0.29, 0.717) is 35.4 Å². The molecular weight excluding hydrogens is 354 g/mol. The lowest BCUT2D eigenvalue weighted by Gasteiger charge is -2.11. The van der Waals surface area contributed by atoms with Crippen LogP contribution in [0.3, 0.4) is 0 Å². The zero-order chi connectivity index (χ0) is 19.1. The van der Waals surface area contributed by atoms with Crippen molar-refractivity contribution in [3.05, 3.63) is 35.7 Å². The Bertz CT molecular complexity index is 791. The van der Waals surface area contributed by atoms with Gasteiger partial charge in [-0.15, -0.1) is 0 Å². The zero-order valence-corrected chi connectivity index (χ0v) is 15.9. The fourth-order valence-corrected chi connectivity index (χ4v) is 2.59. The van der Waals surface area contributed by atoms with Gasteiger partial charge in [-0.25, -0.2) is 0 Å². The van der Waals surface area contributed by atoms with Gasteiger partial charge in [0, 0.05) is 19.3 Å². The van der Waals surface area contributed by atoms with E-state index >= 15 is 0 Å². The maximum absolute atomic E-state index is 11.5. The highest BCUT2D eigenvalue weighted by Crippen LogP contribution is 2.27. The normalized spacial score (nSPS) is 10.3. The Hall–Kier alpha value is -2.81. The van der Waals surface area contributed by atoms with Crippen LogP contribution in [0.1, 0.15) is 23.0 Å². The molecule has 0 radical (unpaired) electrons. The molecule has 26 heavy (non-hydrogen) atoms. The van der Waals surface area contributed by atoms with Gasteiger partial charge in [-0.05, 0) is 43.3 Å². The van der Waals surface area contributed by atoms with E-state index in [0.717, 1.165) is 12.0 Å². The van der Waals surface area contributed by atoms with E-state index in [-0.39, 0.29) is 5.69 Å². The second-order valence-corrected chi connectivity index (χ2v) is 5.84. The van der Waals surface area contributed by atoms with Crippen molar-refractivity contribution in [3.8, 4) is 11.5 Å². The first-order valence-corrected chi connectivity index (χ1v) is 8.52. The first-order valence-electron chi connectivity index (χ1n) is 8.11. The molecule has 0 aliphatic heterocycles. The summed E-state index contributed by atoms with van der Waals surface area (Å²) in [5.41, 5.74) is 7.07. The number of thiocarbonyl (C=S) groups is 1. The second-order valence-electron chi connectivity index (χ2n) is 5.43. The number of nitrogens with zero attached hydrogens (tertiary/aromatic N) is 2. The minimum Gasteiger partial charge on any atom is -0.493 e. The van der Waals surface area contributed by atoms with Crippen molar-refractivity contribution in [1.82, 2.24) is 15.1 Å². The number of amides is 1. The molecule has 9 heteroatoms. The molecule has 0 atom stereocenters. The molecule has 1 amide bonds. The van der Waals surface area contributed by atoms with Crippen LogP contribution in [0.4, 0.5) is 5.69 Å². The van der Waals surface area contributed by atoms with Gasteiger partial charge in [0.25, 0.3) is 5.91 Å². The zero-order valence-electron chi connectivity index (χ0n) is 15.0. The highest BCUT2D eigenvalue weighted by atomic mass is 32.1. The fraction of sp³-hybridized carbons (Fsp3) is 0.353. The Morgan fingerprint density at radius 3 is 2.65 bits per heavy atom. The third-order valence-electron chi connectivity index (χ3n) is 3.71. The standard InChI is InChI=1S/C17H23N5O3S/c1-4-22-10-12(15(21-22)16(18)23)20-17(26)19-8-7-11-5-6-13(24-2)14(9-11)25-3/h5-6,9-10H,4,7-8H2,1-3H3,(H2,18,23)(H2,19,20,26). The van der Waals surface area contributed by atoms with Crippen LogP contribution in [0.2, 0.25) is 0 Å². The molecule has 0 fully saturated rings. The topological polar surface area (TPSA) is 103 Å². The van der Waals surface area contributed by atoms with Crippen molar-refractivity contribution in [2.24, 2.45) is 5.73 Å². The van der Waals surface area contributed by atoms with Crippen molar-refractivity contribution >= 4 is 28.9 Å². The number of ether oxygens (including phenoxy) is 2. The van der Waals surface area contributed by atoms with Gasteiger partial charge in [-0.3, -0.25) is 9.48 Å². The summed E-state index contributed by atoms with van der Waals surface area (Å²) in [5, 5.41) is 10.6. The van der Waals surface area contributed by atoms with Crippen LogP contribution in [-0.2, 0) is 13.0 Å². The number of primary amides is 1. The highest BCUT2D eigenvalue weighted by molar-refractivity contribution is 7.80. The molecule has 0 saturated heterocycles.